The number of hydrogen-bond acceptors (Lipinski definition) is 3. The average Bonchev–Trinajstić information content (AvgIpc) is 3.10. The van der Waals surface area contributed by atoms with Crippen LogP contribution in [0.1, 0.15) is 44.9 Å². The summed E-state index contributed by atoms with van der Waals surface area (Å²) in [7, 11) is 0. The summed E-state index contributed by atoms with van der Waals surface area (Å²) in [5, 5.41) is 0. The molecule has 1 aliphatic heterocycles. The molecule has 1 saturated carbocycles. The number of anilines is 1. The Labute approximate surface area is 142 Å². The van der Waals surface area contributed by atoms with E-state index in [1.807, 2.05) is 6.07 Å². The molecule has 0 spiro atoms. The molecular weight excluding hydrogens is 309 g/mol. The normalized spacial score (nSPS) is 19.5. The number of hydrogen-bond donors (Lipinski definition) is 0. The van der Waals surface area contributed by atoms with Crippen LogP contribution in [0.2, 0.25) is 0 Å². The number of benzene rings is 1. The van der Waals surface area contributed by atoms with Crippen LogP contribution in [0, 0.1) is 5.82 Å². The molecule has 4 nitrogen and oxygen atoms in total. The summed E-state index contributed by atoms with van der Waals surface area (Å²) in [5.41, 5.74) is 0.665. The highest BCUT2D eigenvalue weighted by atomic mass is 19.1. The van der Waals surface area contributed by atoms with Gasteiger partial charge in [0.15, 0.2) is 0 Å². The molecule has 1 aromatic carbocycles. The Hall–Kier alpha value is -1.46. The second-order valence-corrected chi connectivity index (χ2v) is 6.61. The fourth-order valence-electron chi connectivity index (χ4n) is 3.62. The number of rotatable bonds is 6. The van der Waals surface area contributed by atoms with Gasteiger partial charge in [-0.2, -0.15) is 0 Å². The van der Waals surface area contributed by atoms with Crippen molar-refractivity contribution in [1.29, 1.82) is 0 Å². The number of carbonyl (C=O) groups excluding carboxylic acids is 1. The van der Waals surface area contributed by atoms with Gasteiger partial charge < -0.3 is 14.4 Å². The zero-order valence-electron chi connectivity index (χ0n) is 14.1. The fraction of sp³-hybridized carbons (Fsp3) is 0.632. The summed E-state index contributed by atoms with van der Waals surface area (Å²) in [4.78, 5) is 14.6. The lowest BCUT2D eigenvalue weighted by molar-refractivity contribution is -0.121. The van der Waals surface area contributed by atoms with Crippen molar-refractivity contribution >= 4 is 11.6 Å². The van der Waals surface area contributed by atoms with E-state index in [1.54, 1.807) is 11.0 Å². The van der Waals surface area contributed by atoms with Gasteiger partial charge in [-0.1, -0.05) is 18.9 Å². The standard InChI is InChI=1S/C19H26FNO3/c20-15-4-3-7-17(14-15)21(16-5-1-2-6-16)19(22)10-13-24-18-8-11-23-12-9-18/h3-4,7,14,16,18H,1-2,5-6,8-13H2. The van der Waals surface area contributed by atoms with Crippen LogP contribution in [0.4, 0.5) is 10.1 Å². The van der Waals surface area contributed by atoms with Crippen molar-refractivity contribution < 1.29 is 18.7 Å². The third kappa shape index (κ3) is 4.54. The minimum Gasteiger partial charge on any atom is -0.381 e. The molecule has 1 aromatic rings. The van der Waals surface area contributed by atoms with Gasteiger partial charge in [0.1, 0.15) is 5.82 Å². The molecule has 1 aliphatic carbocycles. The van der Waals surface area contributed by atoms with Gasteiger partial charge in [-0.3, -0.25) is 4.79 Å². The van der Waals surface area contributed by atoms with Crippen molar-refractivity contribution in [3.8, 4) is 0 Å². The molecule has 1 saturated heterocycles. The van der Waals surface area contributed by atoms with Crippen LogP contribution in [0.15, 0.2) is 24.3 Å². The summed E-state index contributed by atoms with van der Waals surface area (Å²) >= 11 is 0. The van der Waals surface area contributed by atoms with E-state index in [2.05, 4.69) is 0 Å². The summed E-state index contributed by atoms with van der Waals surface area (Å²) in [6, 6.07) is 6.53. The first-order valence-corrected chi connectivity index (χ1v) is 9.01. The molecule has 24 heavy (non-hydrogen) atoms. The lowest BCUT2D eigenvalue weighted by atomic mass is 10.1. The average molecular weight is 335 g/mol. The van der Waals surface area contributed by atoms with Gasteiger partial charge in [-0.15, -0.1) is 0 Å². The minimum atomic E-state index is -0.304. The predicted octanol–water partition coefficient (Wildman–Crippen LogP) is 3.69. The van der Waals surface area contributed by atoms with Crippen LogP contribution < -0.4 is 4.90 Å². The molecule has 1 amide bonds. The molecule has 0 radical (unpaired) electrons. The molecule has 2 fully saturated rings. The van der Waals surface area contributed by atoms with Crippen molar-refractivity contribution in [3.63, 3.8) is 0 Å². The molecule has 132 valence electrons. The van der Waals surface area contributed by atoms with E-state index in [0.29, 0.717) is 18.7 Å². The second kappa shape index (κ2) is 8.58. The van der Waals surface area contributed by atoms with Crippen LogP contribution in [-0.4, -0.2) is 37.9 Å². The molecular formula is C19H26FNO3. The molecule has 0 bridgehead atoms. The third-order valence-corrected chi connectivity index (χ3v) is 4.88. The number of ether oxygens (including phenoxy) is 2. The second-order valence-electron chi connectivity index (χ2n) is 6.61. The largest absolute Gasteiger partial charge is 0.381 e. The highest BCUT2D eigenvalue weighted by molar-refractivity contribution is 5.94. The molecule has 0 atom stereocenters. The molecule has 1 heterocycles. The summed E-state index contributed by atoms with van der Waals surface area (Å²) < 4.78 is 24.7. The Balaban J connectivity index is 1.60. The van der Waals surface area contributed by atoms with Crippen molar-refractivity contribution in [2.24, 2.45) is 0 Å². The van der Waals surface area contributed by atoms with Crippen LogP contribution >= 0.6 is 0 Å². The third-order valence-electron chi connectivity index (χ3n) is 4.88. The molecule has 5 heteroatoms. The molecule has 0 aromatic heterocycles. The maximum Gasteiger partial charge on any atom is 0.229 e. The maximum atomic E-state index is 13.6. The quantitative estimate of drug-likeness (QED) is 0.796. The number of amides is 1. The van der Waals surface area contributed by atoms with E-state index >= 15 is 0 Å². The zero-order valence-corrected chi connectivity index (χ0v) is 14.1. The predicted molar refractivity (Wildman–Crippen MR) is 90.6 cm³/mol. The number of carbonyl (C=O) groups is 1. The molecule has 2 aliphatic rings. The highest BCUT2D eigenvalue weighted by Gasteiger charge is 2.28. The van der Waals surface area contributed by atoms with Crippen molar-refractivity contribution in [1.82, 2.24) is 0 Å². The minimum absolute atomic E-state index is 0.0274. The van der Waals surface area contributed by atoms with E-state index in [0.717, 1.165) is 51.7 Å². The van der Waals surface area contributed by atoms with Gasteiger partial charge in [-0.25, -0.2) is 4.39 Å². The van der Waals surface area contributed by atoms with E-state index in [9.17, 15) is 9.18 Å². The first kappa shape index (κ1) is 17.4. The summed E-state index contributed by atoms with van der Waals surface area (Å²) in [6.07, 6.45) is 6.55. The van der Waals surface area contributed by atoms with Gasteiger partial charge >= 0.3 is 0 Å². The monoisotopic (exact) mass is 335 g/mol. The lowest BCUT2D eigenvalue weighted by Gasteiger charge is -2.30. The van der Waals surface area contributed by atoms with Gasteiger partial charge in [0.2, 0.25) is 5.91 Å². The van der Waals surface area contributed by atoms with Gasteiger partial charge in [0, 0.05) is 24.9 Å². The van der Waals surface area contributed by atoms with E-state index in [1.165, 1.54) is 12.1 Å². The van der Waals surface area contributed by atoms with Crippen molar-refractivity contribution in [2.75, 3.05) is 24.7 Å². The Morgan fingerprint density at radius 3 is 2.67 bits per heavy atom. The van der Waals surface area contributed by atoms with E-state index in [4.69, 9.17) is 9.47 Å². The number of halogens is 1. The topological polar surface area (TPSA) is 38.8 Å². The Morgan fingerprint density at radius 2 is 1.96 bits per heavy atom. The van der Waals surface area contributed by atoms with Gasteiger partial charge in [0.25, 0.3) is 0 Å². The van der Waals surface area contributed by atoms with Crippen LogP contribution in [0.25, 0.3) is 0 Å². The van der Waals surface area contributed by atoms with Crippen molar-refractivity contribution in [2.45, 2.75) is 57.1 Å². The highest BCUT2D eigenvalue weighted by Crippen LogP contribution is 2.29. The van der Waals surface area contributed by atoms with Gasteiger partial charge in [0.05, 0.1) is 19.1 Å². The SMILES string of the molecule is O=C(CCOC1CCOCC1)N(c1cccc(F)c1)C1CCCC1. The smallest absolute Gasteiger partial charge is 0.229 e. The van der Waals surface area contributed by atoms with E-state index in [-0.39, 0.29) is 23.9 Å². The first-order chi connectivity index (χ1) is 11.7. The first-order valence-electron chi connectivity index (χ1n) is 9.01. The Kier molecular flexibility index (Phi) is 6.21. The van der Waals surface area contributed by atoms with Crippen LogP contribution in [0.3, 0.4) is 0 Å². The zero-order chi connectivity index (χ0) is 16.8. The van der Waals surface area contributed by atoms with Crippen LogP contribution in [0.5, 0.6) is 0 Å². The van der Waals surface area contributed by atoms with Crippen LogP contribution in [-0.2, 0) is 14.3 Å². The van der Waals surface area contributed by atoms with Gasteiger partial charge in [-0.05, 0) is 43.9 Å². The maximum absolute atomic E-state index is 13.6. The molecule has 0 unspecified atom stereocenters. The Bertz CT molecular complexity index is 539. The van der Waals surface area contributed by atoms with Crippen molar-refractivity contribution in [3.05, 3.63) is 30.1 Å². The lowest BCUT2D eigenvalue weighted by Crippen LogP contribution is -2.39. The summed E-state index contributed by atoms with van der Waals surface area (Å²) in [5.74, 6) is -0.277. The molecule has 0 N–H and O–H groups in total. The number of nitrogens with zero attached hydrogens (tertiary/aromatic N) is 1. The summed E-state index contributed by atoms with van der Waals surface area (Å²) in [6.45, 7) is 1.88. The molecule has 3 rings (SSSR count). The Morgan fingerprint density at radius 1 is 1.21 bits per heavy atom. The fourth-order valence-corrected chi connectivity index (χ4v) is 3.62. The van der Waals surface area contributed by atoms with E-state index < -0.39 is 0 Å².